The van der Waals surface area contributed by atoms with Gasteiger partial charge in [-0.1, -0.05) is 0 Å². The van der Waals surface area contributed by atoms with Gasteiger partial charge in [-0.05, 0) is 32.2 Å². The zero-order chi connectivity index (χ0) is 12.3. The van der Waals surface area contributed by atoms with Gasteiger partial charge in [-0.25, -0.2) is 0 Å². The van der Waals surface area contributed by atoms with Crippen LogP contribution in [0.25, 0.3) is 0 Å². The first kappa shape index (κ1) is 12.4. The molecule has 2 aliphatic rings. The van der Waals surface area contributed by atoms with Gasteiger partial charge < -0.3 is 15.5 Å². The fourth-order valence-electron chi connectivity index (χ4n) is 2.69. The van der Waals surface area contributed by atoms with E-state index in [2.05, 4.69) is 10.6 Å². The van der Waals surface area contributed by atoms with Crippen molar-refractivity contribution in [2.75, 3.05) is 19.6 Å². The van der Waals surface area contributed by atoms with Gasteiger partial charge >= 0.3 is 0 Å². The second-order valence-corrected chi connectivity index (χ2v) is 4.91. The van der Waals surface area contributed by atoms with Crippen LogP contribution in [-0.2, 0) is 9.59 Å². The van der Waals surface area contributed by atoms with Gasteiger partial charge in [0.05, 0.1) is 0 Å². The minimum absolute atomic E-state index is 0.00152. The van der Waals surface area contributed by atoms with E-state index in [1.165, 1.54) is 13.3 Å². The third kappa shape index (κ3) is 2.97. The Kier molecular flexibility index (Phi) is 3.99. The molecule has 0 bridgehead atoms. The Morgan fingerprint density at radius 1 is 1.35 bits per heavy atom. The molecule has 0 aromatic heterocycles. The van der Waals surface area contributed by atoms with E-state index in [1.54, 1.807) is 4.90 Å². The van der Waals surface area contributed by atoms with Gasteiger partial charge in [0.15, 0.2) is 0 Å². The zero-order valence-corrected chi connectivity index (χ0v) is 10.4. The first-order valence-corrected chi connectivity index (χ1v) is 6.47. The number of hydrogen-bond acceptors (Lipinski definition) is 3. The molecule has 2 fully saturated rings. The first-order chi connectivity index (χ1) is 8.18. The Balaban J connectivity index is 1.80. The SMILES string of the molecule is CC(=O)N1CCCC1C(=O)NCC1CCCN1. The second kappa shape index (κ2) is 5.49. The highest BCUT2D eigenvalue weighted by Crippen LogP contribution is 2.17. The predicted octanol–water partition coefficient (Wildman–Crippen LogP) is -0.134. The maximum atomic E-state index is 12.0. The minimum atomic E-state index is -0.242. The van der Waals surface area contributed by atoms with Gasteiger partial charge in [-0.3, -0.25) is 9.59 Å². The molecule has 0 aromatic carbocycles. The Labute approximate surface area is 102 Å². The molecule has 0 aromatic rings. The number of nitrogens with one attached hydrogen (secondary N) is 2. The average molecular weight is 239 g/mol. The van der Waals surface area contributed by atoms with Crippen molar-refractivity contribution in [2.24, 2.45) is 0 Å². The lowest BCUT2D eigenvalue weighted by Gasteiger charge is -2.23. The smallest absolute Gasteiger partial charge is 0.242 e. The molecule has 2 heterocycles. The maximum absolute atomic E-state index is 12.0. The van der Waals surface area contributed by atoms with E-state index in [-0.39, 0.29) is 17.9 Å². The third-order valence-electron chi connectivity index (χ3n) is 3.64. The third-order valence-corrected chi connectivity index (χ3v) is 3.64. The molecular weight excluding hydrogens is 218 g/mol. The van der Waals surface area contributed by atoms with Crippen molar-refractivity contribution in [3.8, 4) is 0 Å². The van der Waals surface area contributed by atoms with Crippen molar-refractivity contribution in [3.63, 3.8) is 0 Å². The number of carbonyl (C=O) groups excluding carboxylic acids is 2. The summed E-state index contributed by atoms with van der Waals surface area (Å²) >= 11 is 0. The number of hydrogen-bond donors (Lipinski definition) is 2. The molecule has 2 N–H and O–H groups in total. The molecule has 0 aliphatic carbocycles. The van der Waals surface area contributed by atoms with Crippen molar-refractivity contribution >= 4 is 11.8 Å². The van der Waals surface area contributed by atoms with Gasteiger partial charge in [0, 0.05) is 26.1 Å². The quantitative estimate of drug-likeness (QED) is 0.721. The van der Waals surface area contributed by atoms with Crippen LogP contribution < -0.4 is 10.6 Å². The summed E-state index contributed by atoms with van der Waals surface area (Å²) in [7, 11) is 0. The van der Waals surface area contributed by atoms with E-state index in [0.717, 1.165) is 32.4 Å². The van der Waals surface area contributed by atoms with Crippen LogP contribution in [-0.4, -0.2) is 48.4 Å². The molecule has 0 saturated carbocycles. The summed E-state index contributed by atoms with van der Waals surface area (Å²) in [5.41, 5.74) is 0. The standard InChI is InChI=1S/C12H21N3O2/c1-9(16)15-7-3-5-11(15)12(17)14-8-10-4-2-6-13-10/h10-11,13H,2-8H2,1H3,(H,14,17). The molecule has 2 amide bonds. The van der Waals surface area contributed by atoms with Crippen LogP contribution in [0, 0.1) is 0 Å². The Hall–Kier alpha value is -1.10. The molecule has 17 heavy (non-hydrogen) atoms. The van der Waals surface area contributed by atoms with Crippen molar-refractivity contribution in [2.45, 2.75) is 44.7 Å². The molecule has 0 spiro atoms. The summed E-state index contributed by atoms with van der Waals surface area (Å²) in [6.07, 6.45) is 4.04. The second-order valence-electron chi connectivity index (χ2n) is 4.91. The molecule has 2 atom stereocenters. The normalized spacial score (nSPS) is 28.4. The number of likely N-dealkylation sites (tertiary alicyclic amines) is 1. The van der Waals surface area contributed by atoms with Crippen LogP contribution in [0.5, 0.6) is 0 Å². The Morgan fingerprint density at radius 2 is 2.18 bits per heavy atom. The molecule has 2 aliphatic heterocycles. The number of carbonyl (C=O) groups is 2. The summed E-state index contributed by atoms with van der Waals surface area (Å²) < 4.78 is 0. The maximum Gasteiger partial charge on any atom is 0.242 e. The first-order valence-electron chi connectivity index (χ1n) is 6.47. The van der Waals surface area contributed by atoms with Crippen LogP contribution in [0.15, 0.2) is 0 Å². The Bertz CT molecular complexity index is 300. The Morgan fingerprint density at radius 3 is 2.82 bits per heavy atom. The van der Waals surface area contributed by atoms with Crippen molar-refractivity contribution < 1.29 is 9.59 Å². The van der Waals surface area contributed by atoms with Crippen LogP contribution in [0.2, 0.25) is 0 Å². The number of amides is 2. The largest absolute Gasteiger partial charge is 0.353 e. The lowest BCUT2D eigenvalue weighted by molar-refractivity contribution is -0.136. The lowest BCUT2D eigenvalue weighted by Crippen LogP contribution is -2.47. The topological polar surface area (TPSA) is 61.4 Å². The molecule has 96 valence electrons. The molecule has 2 saturated heterocycles. The van der Waals surface area contributed by atoms with E-state index in [4.69, 9.17) is 0 Å². The summed E-state index contributed by atoms with van der Waals surface area (Å²) in [6.45, 7) is 3.98. The monoisotopic (exact) mass is 239 g/mol. The molecule has 0 radical (unpaired) electrons. The van der Waals surface area contributed by atoms with Gasteiger partial charge in [0.25, 0.3) is 0 Å². The van der Waals surface area contributed by atoms with Crippen LogP contribution in [0.4, 0.5) is 0 Å². The molecule has 2 rings (SSSR count). The lowest BCUT2D eigenvalue weighted by atomic mass is 10.2. The van der Waals surface area contributed by atoms with E-state index in [1.807, 2.05) is 0 Å². The van der Waals surface area contributed by atoms with Crippen LogP contribution in [0.3, 0.4) is 0 Å². The van der Waals surface area contributed by atoms with Crippen LogP contribution >= 0.6 is 0 Å². The number of rotatable bonds is 3. The van der Waals surface area contributed by atoms with Crippen molar-refractivity contribution in [1.82, 2.24) is 15.5 Å². The molecule has 5 nitrogen and oxygen atoms in total. The fraction of sp³-hybridized carbons (Fsp3) is 0.833. The molecular formula is C12H21N3O2. The van der Waals surface area contributed by atoms with E-state index >= 15 is 0 Å². The average Bonchev–Trinajstić information content (AvgIpc) is 2.96. The fourth-order valence-corrected chi connectivity index (χ4v) is 2.69. The summed E-state index contributed by atoms with van der Waals surface area (Å²) in [4.78, 5) is 25.0. The van der Waals surface area contributed by atoms with E-state index in [9.17, 15) is 9.59 Å². The van der Waals surface area contributed by atoms with Gasteiger partial charge in [0.1, 0.15) is 6.04 Å². The highest BCUT2D eigenvalue weighted by Gasteiger charge is 2.32. The molecule has 2 unspecified atom stereocenters. The number of nitrogens with zero attached hydrogens (tertiary/aromatic N) is 1. The summed E-state index contributed by atoms with van der Waals surface area (Å²) in [5, 5.41) is 6.30. The minimum Gasteiger partial charge on any atom is -0.353 e. The zero-order valence-electron chi connectivity index (χ0n) is 10.4. The van der Waals surface area contributed by atoms with Gasteiger partial charge in [-0.2, -0.15) is 0 Å². The van der Waals surface area contributed by atoms with E-state index in [0.29, 0.717) is 12.6 Å². The summed E-state index contributed by atoms with van der Waals surface area (Å²) in [6, 6.07) is 0.167. The summed E-state index contributed by atoms with van der Waals surface area (Å²) in [5.74, 6) is 0.00745. The highest BCUT2D eigenvalue weighted by molar-refractivity contribution is 5.87. The van der Waals surface area contributed by atoms with Gasteiger partial charge in [0.2, 0.25) is 11.8 Å². The predicted molar refractivity (Wildman–Crippen MR) is 64.4 cm³/mol. The van der Waals surface area contributed by atoms with Crippen molar-refractivity contribution in [1.29, 1.82) is 0 Å². The van der Waals surface area contributed by atoms with Gasteiger partial charge in [-0.15, -0.1) is 0 Å². The van der Waals surface area contributed by atoms with Crippen LogP contribution in [0.1, 0.15) is 32.6 Å². The van der Waals surface area contributed by atoms with Crippen molar-refractivity contribution in [3.05, 3.63) is 0 Å². The highest BCUT2D eigenvalue weighted by atomic mass is 16.2. The van der Waals surface area contributed by atoms with E-state index < -0.39 is 0 Å². The molecule has 5 heteroatoms.